The van der Waals surface area contributed by atoms with E-state index in [1.807, 2.05) is 6.07 Å². The zero-order valence-electron chi connectivity index (χ0n) is 13.6. The monoisotopic (exact) mass is 359 g/mol. The summed E-state index contributed by atoms with van der Waals surface area (Å²) in [5, 5.41) is 13.9. The molecule has 5 nitrogen and oxygen atoms in total. The van der Waals surface area contributed by atoms with Gasteiger partial charge in [-0.1, -0.05) is 17.7 Å². The molecular weight excluding hydrogens is 345 g/mol. The molecule has 128 valence electrons. The Morgan fingerprint density at radius 2 is 1.68 bits per heavy atom. The predicted molar refractivity (Wildman–Crippen MR) is 93.6 cm³/mol. The third-order valence-corrected chi connectivity index (χ3v) is 3.85. The van der Waals surface area contributed by atoms with Crippen LogP contribution in [0.15, 0.2) is 42.5 Å². The van der Waals surface area contributed by atoms with E-state index in [0.717, 1.165) is 6.07 Å². The number of hydrogen-bond acceptors (Lipinski definition) is 3. The zero-order valence-corrected chi connectivity index (χ0v) is 14.3. The van der Waals surface area contributed by atoms with Gasteiger partial charge in [0.15, 0.2) is 0 Å². The molecule has 0 aliphatic heterocycles. The number of nitriles is 1. The minimum Gasteiger partial charge on any atom is -0.325 e. The molecule has 2 N–H and O–H groups in total. The minimum absolute atomic E-state index is 0.131. The van der Waals surface area contributed by atoms with E-state index in [-0.39, 0.29) is 10.7 Å². The Morgan fingerprint density at radius 3 is 2.24 bits per heavy atom. The quantitative estimate of drug-likeness (QED) is 0.811. The first-order valence-electron chi connectivity index (χ1n) is 7.32. The minimum atomic E-state index is -1.41. The third-order valence-electron chi connectivity index (χ3n) is 3.56. The third kappa shape index (κ3) is 4.34. The van der Waals surface area contributed by atoms with E-state index in [1.165, 1.54) is 32.0 Å². The van der Waals surface area contributed by atoms with Crippen molar-refractivity contribution in [1.29, 1.82) is 5.26 Å². The number of nitrogens with zero attached hydrogens (tertiary/aromatic N) is 1. The van der Waals surface area contributed by atoms with E-state index in [2.05, 4.69) is 10.6 Å². The van der Waals surface area contributed by atoms with Crippen molar-refractivity contribution < 1.29 is 14.0 Å². The Morgan fingerprint density at radius 1 is 1.08 bits per heavy atom. The normalized spacial score (nSPS) is 10.7. The number of nitrogens with one attached hydrogen (secondary N) is 2. The maximum atomic E-state index is 13.2. The van der Waals surface area contributed by atoms with Crippen LogP contribution in [-0.2, 0) is 9.59 Å². The highest BCUT2D eigenvalue weighted by molar-refractivity contribution is 6.31. The molecule has 0 unspecified atom stereocenters. The number of hydrogen-bond donors (Lipinski definition) is 2. The number of anilines is 2. The maximum absolute atomic E-state index is 13.2. The summed E-state index contributed by atoms with van der Waals surface area (Å²) >= 11 is 5.68. The van der Waals surface area contributed by atoms with Crippen LogP contribution in [0.4, 0.5) is 15.8 Å². The lowest BCUT2D eigenvalue weighted by Gasteiger charge is -2.23. The molecule has 0 aliphatic rings. The van der Waals surface area contributed by atoms with Gasteiger partial charge in [-0.15, -0.1) is 0 Å². The predicted octanol–water partition coefficient (Wildman–Crippen LogP) is 3.95. The van der Waals surface area contributed by atoms with Gasteiger partial charge in [-0.25, -0.2) is 4.39 Å². The van der Waals surface area contributed by atoms with Crippen LogP contribution in [0, 0.1) is 22.6 Å². The lowest BCUT2D eigenvalue weighted by molar-refractivity contribution is -0.135. The second-order valence-electron chi connectivity index (χ2n) is 5.85. The number of rotatable bonds is 4. The first kappa shape index (κ1) is 18.4. The smallest absolute Gasteiger partial charge is 0.239 e. The average molecular weight is 360 g/mol. The molecule has 0 radical (unpaired) electrons. The average Bonchev–Trinajstić information content (AvgIpc) is 2.58. The van der Waals surface area contributed by atoms with Crippen molar-refractivity contribution >= 4 is 34.8 Å². The van der Waals surface area contributed by atoms with Gasteiger partial charge in [0.1, 0.15) is 11.2 Å². The lowest BCUT2D eigenvalue weighted by atomic mass is 9.90. The van der Waals surface area contributed by atoms with Gasteiger partial charge in [-0.3, -0.25) is 9.59 Å². The molecular formula is C18H15ClFN3O2. The van der Waals surface area contributed by atoms with Crippen LogP contribution in [-0.4, -0.2) is 11.8 Å². The summed E-state index contributed by atoms with van der Waals surface area (Å²) in [7, 11) is 0. The fourth-order valence-electron chi connectivity index (χ4n) is 1.92. The number of benzene rings is 2. The first-order chi connectivity index (χ1) is 11.7. The highest BCUT2D eigenvalue weighted by Crippen LogP contribution is 2.24. The summed E-state index contributed by atoms with van der Waals surface area (Å²) in [5.74, 6) is -1.73. The molecule has 0 atom stereocenters. The van der Waals surface area contributed by atoms with Gasteiger partial charge in [-0.2, -0.15) is 5.26 Å². The second-order valence-corrected chi connectivity index (χ2v) is 6.26. The van der Waals surface area contributed by atoms with E-state index in [9.17, 15) is 14.0 Å². The van der Waals surface area contributed by atoms with Gasteiger partial charge < -0.3 is 10.6 Å². The molecule has 0 fully saturated rings. The SMILES string of the molecule is CC(C)(C(=O)Nc1cccc(C#N)c1)C(=O)Nc1ccc(F)c(Cl)c1. The topological polar surface area (TPSA) is 82.0 Å². The molecule has 2 aromatic carbocycles. The van der Waals surface area contributed by atoms with Crippen molar-refractivity contribution in [2.24, 2.45) is 5.41 Å². The van der Waals surface area contributed by atoms with Gasteiger partial charge in [-0.05, 0) is 50.2 Å². The Kier molecular flexibility index (Phi) is 5.40. The van der Waals surface area contributed by atoms with Crippen LogP contribution in [0.25, 0.3) is 0 Å². The van der Waals surface area contributed by atoms with Crippen LogP contribution >= 0.6 is 11.6 Å². The van der Waals surface area contributed by atoms with Crippen molar-refractivity contribution in [1.82, 2.24) is 0 Å². The first-order valence-corrected chi connectivity index (χ1v) is 7.70. The highest BCUT2D eigenvalue weighted by atomic mass is 35.5. The molecule has 7 heteroatoms. The standard InChI is InChI=1S/C18H15ClFN3O2/c1-18(2,16(24)22-12-5-3-4-11(8-12)10-21)17(25)23-13-6-7-15(20)14(19)9-13/h3-9H,1-2H3,(H,22,24)(H,23,25). The molecule has 25 heavy (non-hydrogen) atoms. The summed E-state index contributed by atoms with van der Waals surface area (Å²) in [6.45, 7) is 2.91. The summed E-state index contributed by atoms with van der Waals surface area (Å²) in [6, 6.07) is 12.1. The van der Waals surface area contributed by atoms with Crippen molar-refractivity contribution in [2.45, 2.75) is 13.8 Å². The molecule has 0 saturated carbocycles. The molecule has 0 aliphatic carbocycles. The number of halogens is 2. The van der Waals surface area contributed by atoms with E-state index in [1.54, 1.807) is 18.2 Å². The van der Waals surface area contributed by atoms with Gasteiger partial charge >= 0.3 is 0 Å². The highest BCUT2D eigenvalue weighted by Gasteiger charge is 2.36. The van der Waals surface area contributed by atoms with Gasteiger partial charge in [0.05, 0.1) is 16.7 Å². The molecule has 0 spiro atoms. The molecule has 0 bridgehead atoms. The van der Waals surface area contributed by atoms with Crippen LogP contribution < -0.4 is 10.6 Å². The number of amides is 2. The van der Waals surface area contributed by atoms with Crippen LogP contribution in [0.2, 0.25) is 5.02 Å². The van der Waals surface area contributed by atoms with Crippen molar-refractivity contribution in [3.63, 3.8) is 0 Å². The largest absolute Gasteiger partial charge is 0.325 e. The molecule has 2 amide bonds. The fourth-order valence-corrected chi connectivity index (χ4v) is 2.10. The van der Waals surface area contributed by atoms with Crippen molar-refractivity contribution in [3.8, 4) is 6.07 Å². The van der Waals surface area contributed by atoms with Crippen LogP contribution in [0.5, 0.6) is 0 Å². The lowest BCUT2D eigenvalue weighted by Crippen LogP contribution is -2.41. The van der Waals surface area contributed by atoms with E-state index in [0.29, 0.717) is 11.3 Å². The van der Waals surface area contributed by atoms with E-state index in [4.69, 9.17) is 16.9 Å². The van der Waals surface area contributed by atoms with Crippen molar-refractivity contribution in [3.05, 3.63) is 58.9 Å². The Hall–Kier alpha value is -2.91. The summed E-state index contributed by atoms with van der Waals surface area (Å²) in [4.78, 5) is 24.9. The Bertz CT molecular complexity index is 875. The number of carbonyl (C=O) groups excluding carboxylic acids is 2. The maximum Gasteiger partial charge on any atom is 0.239 e. The Labute approximate surface area is 149 Å². The number of carbonyl (C=O) groups is 2. The van der Waals surface area contributed by atoms with Crippen LogP contribution in [0.1, 0.15) is 19.4 Å². The zero-order chi connectivity index (χ0) is 18.6. The second kappa shape index (κ2) is 7.32. The van der Waals surface area contributed by atoms with Gasteiger partial charge in [0, 0.05) is 11.4 Å². The summed E-state index contributed by atoms with van der Waals surface area (Å²) < 4.78 is 13.2. The van der Waals surface area contributed by atoms with Crippen LogP contribution in [0.3, 0.4) is 0 Å². The molecule has 2 rings (SSSR count). The fraction of sp³-hybridized carbons (Fsp3) is 0.167. The summed E-state index contributed by atoms with van der Waals surface area (Å²) in [6.07, 6.45) is 0. The molecule has 0 heterocycles. The van der Waals surface area contributed by atoms with Gasteiger partial charge in [0.2, 0.25) is 11.8 Å². The summed E-state index contributed by atoms with van der Waals surface area (Å²) in [5.41, 5.74) is -0.330. The molecule has 0 saturated heterocycles. The van der Waals surface area contributed by atoms with E-state index < -0.39 is 23.0 Å². The van der Waals surface area contributed by atoms with Crippen molar-refractivity contribution in [2.75, 3.05) is 10.6 Å². The van der Waals surface area contributed by atoms with E-state index >= 15 is 0 Å². The van der Waals surface area contributed by atoms with Gasteiger partial charge in [0.25, 0.3) is 0 Å². The Balaban J connectivity index is 2.12. The molecule has 2 aromatic rings. The molecule has 0 aromatic heterocycles.